The second-order valence-electron chi connectivity index (χ2n) is 3.99. The molecule has 0 radical (unpaired) electrons. The topological polar surface area (TPSA) is 17.1 Å². The van der Waals surface area contributed by atoms with Gasteiger partial charge in [-0.1, -0.05) is 6.42 Å². The van der Waals surface area contributed by atoms with Gasteiger partial charge in [-0.2, -0.15) is 0 Å². The van der Waals surface area contributed by atoms with Crippen LogP contribution in [0.5, 0.6) is 0 Å². The zero-order valence-corrected chi connectivity index (χ0v) is 7.31. The summed E-state index contributed by atoms with van der Waals surface area (Å²) in [5, 5.41) is -0.137. The Labute approximate surface area is 72.1 Å². The average molecular weight is 173 g/mol. The highest BCUT2D eigenvalue weighted by Gasteiger charge is 2.39. The van der Waals surface area contributed by atoms with Crippen LogP contribution < -0.4 is 0 Å². The minimum atomic E-state index is -0.137. The maximum Gasteiger partial charge on any atom is 0.221 e. The summed E-state index contributed by atoms with van der Waals surface area (Å²) in [5.74, 6) is 2.41. The Balaban J connectivity index is 1.92. The minimum Gasteiger partial charge on any atom is -0.281 e. The van der Waals surface area contributed by atoms with Crippen LogP contribution in [0.25, 0.3) is 0 Å². The molecule has 2 aliphatic rings. The molecule has 2 bridgehead atoms. The molecule has 0 aromatic rings. The molecule has 2 saturated carbocycles. The van der Waals surface area contributed by atoms with E-state index in [1.54, 1.807) is 0 Å². The maximum absolute atomic E-state index is 10.6. The number of hydrogen-bond acceptors (Lipinski definition) is 1. The van der Waals surface area contributed by atoms with E-state index >= 15 is 0 Å². The van der Waals surface area contributed by atoms with Gasteiger partial charge >= 0.3 is 0 Å². The van der Waals surface area contributed by atoms with Crippen molar-refractivity contribution in [2.45, 2.75) is 32.1 Å². The van der Waals surface area contributed by atoms with Crippen molar-refractivity contribution in [1.29, 1.82) is 0 Å². The minimum absolute atomic E-state index is 0.137. The van der Waals surface area contributed by atoms with Crippen LogP contribution in [0, 0.1) is 17.8 Å². The third-order valence-electron chi connectivity index (χ3n) is 3.31. The zero-order chi connectivity index (χ0) is 7.84. The molecule has 0 aromatic carbocycles. The van der Waals surface area contributed by atoms with Crippen molar-refractivity contribution in [3.8, 4) is 0 Å². The van der Waals surface area contributed by atoms with Crippen LogP contribution in [-0.4, -0.2) is 5.24 Å². The molecule has 11 heavy (non-hydrogen) atoms. The summed E-state index contributed by atoms with van der Waals surface area (Å²) in [6.07, 6.45) is 6.01. The fourth-order valence-electron chi connectivity index (χ4n) is 2.83. The van der Waals surface area contributed by atoms with Crippen LogP contribution in [0.15, 0.2) is 0 Å². The lowest BCUT2D eigenvalue weighted by Crippen LogP contribution is -2.12. The molecule has 0 spiro atoms. The predicted molar refractivity (Wildman–Crippen MR) is 44.4 cm³/mol. The van der Waals surface area contributed by atoms with E-state index in [0.29, 0.717) is 12.3 Å². The van der Waals surface area contributed by atoms with Crippen molar-refractivity contribution >= 4 is 16.8 Å². The number of fused-ring (bicyclic) bond motifs is 2. The Hall–Kier alpha value is -0.0400. The molecule has 0 aliphatic heterocycles. The van der Waals surface area contributed by atoms with Gasteiger partial charge in [0.2, 0.25) is 5.24 Å². The van der Waals surface area contributed by atoms with Crippen LogP contribution in [0.2, 0.25) is 0 Å². The standard InChI is InChI=1S/C9H13ClO/c10-9(11)5-8-4-6-1-2-7(8)3-6/h6-8H,1-5H2/t6-,7+,8-/m1/s1. The first kappa shape index (κ1) is 7.60. The summed E-state index contributed by atoms with van der Waals surface area (Å²) in [6.45, 7) is 0. The van der Waals surface area contributed by atoms with Crippen molar-refractivity contribution < 1.29 is 4.79 Å². The van der Waals surface area contributed by atoms with E-state index in [0.717, 1.165) is 11.8 Å². The Kier molecular flexibility index (Phi) is 1.92. The highest BCUT2D eigenvalue weighted by Crippen LogP contribution is 2.49. The van der Waals surface area contributed by atoms with Crippen LogP contribution in [-0.2, 0) is 4.79 Å². The zero-order valence-electron chi connectivity index (χ0n) is 6.55. The quantitative estimate of drug-likeness (QED) is 0.586. The van der Waals surface area contributed by atoms with Gasteiger partial charge in [0.15, 0.2) is 0 Å². The Morgan fingerprint density at radius 1 is 1.36 bits per heavy atom. The van der Waals surface area contributed by atoms with Gasteiger partial charge in [0.05, 0.1) is 0 Å². The summed E-state index contributed by atoms with van der Waals surface area (Å²) in [5.41, 5.74) is 0. The summed E-state index contributed by atoms with van der Waals surface area (Å²) in [6, 6.07) is 0. The van der Waals surface area contributed by atoms with Crippen molar-refractivity contribution in [1.82, 2.24) is 0 Å². The normalized spacial score (nSPS) is 41.4. The molecule has 1 nitrogen and oxygen atoms in total. The van der Waals surface area contributed by atoms with Crippen LogP contribution >= 0.6 is 11.6 Å². The fourth-order valence-corrected chi connectivity index (χ4v) is 3.03. The predicted octanol–water partition coefficient (Wildman–Crippen LogP) is 2.58. The van der Waals surface area contributed by atoms with Gasteiger partial charge in [-0.3, -0.25) is 4.79 Å². The van der Waals surface area contributed by atoms with E-state index in [4.69, 9.17) is 11.6 Å². The van der Waals surface area contributed by atoms with Crippen LogP contribution in [0.4, 0.5) is 0 Å². The van der Waals surface area contributed by atoms with E-state index < -0.39 is 0 Å². The molecule has 0 N–H and O–H groups in total. The molecule has 0 aromatic heterocycles. The number of carbonyl (C=O) groups is 1. The third-order valence-corrected chi connectivity index (χ3v) is 3.46. The van der Waals surface area contributed by atoms with Crippen molar-refractivity contribution in [2.75, 3.05) is 0 Å². The van der Waals surface area contributed by atoms with Gasteiger partial charge in [-0.25, -0.2) is 0 Å². The van der Waals surface area contributed by atoms with E-state index in [-0.39, 0.29) is 5.24 Å². The molecule has 2 fully saturated rings. The van der Waals surface area contributed by atoms with Crippen molar-refractivity contribution in [3.63, 3.8) is 0 Å². The maximum atomic E-state index is 10.6. The first-order valence-electron chi connectivity index (χ1n) is 4.44. The number of rotatable bonds is 2. The summed E-state index contributed by atoms with van der Waals surface area (Å²) >= 11 is 5.36. The van der Waals surface area contributed by atoms with Crippen LogP contribution in [0.3, 0.4) is 0 Å². The second kappa shape index (κ2) is 2.78. The fraction of sp³-hybridized carbons (Fsp3) is 0.889. The summed E-state index contributed by atoms with van der Waals surface area (Å²) in [7, 11) is 0. The molecule has 0 heterocycles. The Morgan fingerprint density at radius 2 is 2.18 bits per heavy atom. The van der Waals surface area contributed by atoms with Crippen molar-refractivity contribution in [3.05, 3.63) is 0 Å². The molecule has 0 amide bonds. The highest BCUT2D eigenvalue weighted by atomic mass is 35.5. The van der Waals surface area contributed by atoms with Gasteiger partial charge in [0.25, 0.3) is 0 Å². The molecule has 62 valence electrons. The van der Waals surface area contributed by atoms with Gasteiger partial charge < -0.3 is 0 Å². The Morgan fingerprint density at radius 3 is 2.64 bits per heavy atom. The molecular weight excluding hydrogens is 160 g/mol. The van der Waals surface area contributed by atoms with E-state index in [1.165, 1.54) is 25.7 Å². The first-order valence-corrected chi connectivity index (χ1v) is 4.82. The van der Waals surface area contributed by atoms with E-state index in [2.05, 4.69) is 0 Å². The molecular formula is C9H13ClO. The highest BCUT2D eigenvalue weighted by molar-refractivity contribution is 6.63. The largest absolute Gasteiger partial charge is 0.281 e. The molecule has 0 saturated heterocycles. The summed E-state index contributed by atoms with van der Waals surface area (Å²) < 4.78 is 0. The molecule has 2 aliphatic carbocycles. The van der Waals surface area contributed by atoms with E-state index in [1.807, 2.05) is 0 Å². The van der Waals surface area contributed by atoms with Gasteiger partial charge in [0, 0.05) is 6.42 Å². The smallest absolute Gasteiger partial charge is 0.221 e. The summed E-state index contributed by atoms with van der Waals surface area (Å²) in [4.78, 5) is 10.6. The molecule has 3 atom stereocenters. The van der Waals surface area contributed by atoms with Gasteiger partial charge in [0.1, 0.15) is 0 Å². The third kappa shape index (κ3) is 1.44. The monoisotopic (exact) mass is 172 g/mol. The molecule has 2 rings (SSSR count). The number of halogens is 1. The molecule has 0 unspecified atom stereocenters. The van der Waals surface area contributed by atoms with E-state index in [9.17, 15) is 4.79 Å². The first-order chi connectivity index (χ1) is 5.25. The second-order valence-corrected chi connectivity index (χ2v) is 4.42. The number of carbonyl (C=O) groups excluding carboxylic acids is 1. The lowest BCUT2D eigenvalue weighted by atomic mass is 9.87. The average Bonchev–Trinajstić information content (AvgIpc) is 2.45. The van der Waals surface area contributed by atoms with Gasteiger partial charge in [-0.15, -0.1) is 0 Å². The van der Waals surface area contributed by atoms with Gasteiger partial charge in [-0.05, 0) is 48.6 Å². The van der Waals surface area contributed by atoms with Crippen molar-refractivity contribution in [2.24, 2.45) is 17.8 Å². The lowest BCUT2D eigenvalue weighted by Gasteiger charge is -2.19. The van der Waals surface area contributed by atoms with Crippen LogP contribution in [0.1, 0.15) is 32.1 Å². The number of hydrogen-bond donors (Lipinski definition) is 0. The molecule has 2 heteroatoms. The lowest BCUT2D eigenvalue weighted by molar-refractivity contribution is -0.112. The SMILES string of the molecule is O=C(Cl)C[C@H]1C[C@@H]2CC[C@H]1C2. The Bertz CT molecular complexity index is 178.